The summed E-state index contributed by atoms with van der Waals surface area (Å²) in [5.41, 5.74) is 1.80. The lowest BCUT2D eigenvalue weighted by Gasteiger charge is -2.12. The van der Waals surface area contributed by atoms with Crippen LogP contribution in [0.5, 0.6) is 0 Å². The highest BCUT2D eigenvalue weighted by atomic mass is 35.5. The molecule has 1 aromatic rings. The monoisotopic (exact) mass is 282 g/mol. The van der Waals surface area contributed by atoms with Crippen LogP contribution in [0.2, 0.25) is 5.02 Å². The van der Waals surface area contributed by atoms with Crippen LogP contribution in [0.25, 0.3) is 0 Å². The van der Waals surface area contributed by atoms with E-state index in [1.54, 1.807) is 6.07 Å². The predicted octanol–water partition coefficient (Wildman–Crippen LogP) is 1.49. The van der Waals surface area contributed by atoms with E-state index in [0.717, 1.165) is 11.3 Å². The Morgan fingerprint density at radius 1 is 1.53 bits per heavy atom. The molecule has 1 heterocycles. The fourth-order valence-electron chi connectivity index (χ4n) is 1.87. The zero-order chi connectivity index (χ0) is 13.8. The fourth-order valence-corrected chi connectivity index (χ4v) is 2.10. The Hall–Kier alpha value is -1.75. The number of anilines is 1. The third kappa shape index (κ3) is 3.61. The van der Waals surface area contributed by atoms with Gasteiger partial charge in [0.25, 0.3) is 0 Å². The van der Waals surface area contributed by atoms with Gasteiger partial charge >= 0.3 is 5.97 Å². The first-order valence-electron chi connectivity index (χ1n) is 6.02. The molecule has 102 valence electrons. The van der Waals surface area contributed by atoms with Crippen LogP contribution in [0.1, 0.15) is 12.0 Å². The Kier molecular flexibility index (Phi) is 4.27. The number of cyclic esters (lactones) is 1. The summed E-state index contributed by atoms with van der Waals surface area (Å²) in [6, 6.07) is 4.87. The number of carbonyl (C=O) groups is 2. The first kappa shape index (κ1) is 13.7. The van der Waals surface area contributed by atoms with Crippen LogP contribution in [-0.4, -0.2) is 31.1 Å². The number of aryl methyl sites for hydroxylation is 1. The average molecular weight is 283 g/mol. The number of hydrogen-bond acceptors (Lipinski definition) is 4. The molecule has 0 unspecified atom stereocenters. The molecular weight excluding hydrogens is 268 g/mol. The van der Waals surface area contributed by atoms with Gasteiger partial charge in [-0.15, -0.1) is 0 Å². The van der Waals surface area contributed by atoms with E-state index in [0.29, 0.717) is 18.1 Å². The van der Waals surface area contributed by atoms with Crippen molar-refractivity contribution in [1.29, 1.82) is 0 Å². The summed E-state index contributed by atoms with van der Waals surface area (Å²) >= 11 is 5.85. The van der Waals surface area contributed by atoms with Crippen molar-refractivity contribution in [3.8, 4) is 0 Å². The molecule has 0 bridgehead atoms. The van der Waals surface area contributed by atoms with E-state index in [1.165, 1.54) is 0 Å². The van der Waals surface area contributed by atoms with Crippen LogP contribution >= 0.6 is 11.6 Å². The highest BCUT2D eigenvalue weighted by Gasteiger charge is 2.27. The molecule has 0 aromatic heterocycles. The van der Waals surface area contributed by atoms with Crippen LogP contribution in [0.15, 0.2) is 18.2 Å². The van der Waals surface area contributed by atoms with Gasteiger partial charge in [-0.1, -0.05) is 11.6 Å². The van der Waals surface area contributed by atoms with E-state index in [9.17, 15) is 9.59 Å². The van der Waals surface area contributed by atoms with Crippen molar-refractivity contribution in [3.63, 3.8) is 0 Å². The quantitative estimate of drug-likeness (QED) is 0.821. The summed E-state index contributed by atoms with van der Waals surface area (Å²) < 4.78 is 4.77. The Morgan fingerprint density at radius 3 is 2.95 bits per heavy atom. The zero-order valence-electron chi connectivity index (χ0n) is 10.5. The molecule has 2 rings (SSSR count). The Labute approximate surface area is 116 Å². The molecular formula is C13H15ClN2O3. The lowest BCUT2D eigenvalue weighted by Crippen LogP contribution is -2.40. The van der Waals surface area contributed by atoms with Crippen molar-refractivity contribution < 1.29 is 14.3 Å². The second-order valence-corrected chi connectivity index (χ2v) is 4.83. The van der Waals surface area contributed by atoms with Crippen molar-refractivity contribution >= 4 is 29.2 Å². The minimum Gasteiger partial charge on any atom is -0.464 e. The summed E-state index contributed by atoms with van der Waals surface area (Å²) in [7, 11) is 0. The first-order chi connectivity index (χ1) is 9.06. The van der Waals surface area contributed by atoms with E-state index < -0.39 is 6.04 Å². The van der Waals surface area contributed by atoms with Gasteiger partial charge in [-0.2, -0.15) is 0 Å². The van der Waals surface area contributed by atoms with Crippen LogP contribution in [0.3, 0.4) is 0 Å². The zero-order valence-corrected chi connectivity index (χ0v) is 11.3. The van der Waals surface area contributed by atoms with Crippen molar-refractivity contribution in [2.45, 2.75) is 19.4 Å². The minimum absolute atomic E-state index is 0.103. The van der Waals surface area contributed by atoms with E-state index >= 15 is 0 Å². The SMILES string of the molecule is Cc1cc(Cl)ccc1NCC(=O)N[C@H]1CCOC1=O. The van der Waals surface area contributed by atoms with Crippen LogP contribution in [0.4, 0.5) is 5.69 Å². The lowest BCUT2D eigenvalue weighted by molar-refractivity contribution is -0.141. The largest absolute Gasteiger partial charge is 0.464 e. The normalized spacial score (nSPS) is 18.0. The average Bonchev–Trinajstić information content (AvgIpc) is 2.74. The maximum atomic E-state index is 11.7. The molecule has 1 amide bonds. The highest BCUT2D eigenvalue weighted by molar-refractivity contribution is 6.30. The first-order valence-corrected chi connectivity index (χ1v) is 6.40. The summed E-state index contributed by atoms with van der Waals surface area (Å²) in [5, 5.41) is 6.29. The summed E-state index contributed by atoms with van der Waals surface area (Å²) in [6.07, 6.45) is 0.532. The third-order valence-corrected chi connectivity index (χ3v) is 3.13. The van der Waals surface area contributed by atoms with Crippen molar-refractivity contribution in [1.82, 2.24) is 5.32 Å². The fraction of sp³-hybridized carbons (Fsp3) is 0.385. The molecule has 0 radical (unpaired) electrons. The highest BCUT2D eigenvalue weighted by Crippen LogP contribution is 2.19. The van der Waals surface area contributed by atoms with E-state index in [2.05, 4.69) is 10.6 Å². The van der Waals surface area contributed by atoms with E-state index in [-0.39, 0.29) is 18.4 Å². The van der Waals surface area contributed by atoms with Gasteiger partial charge < -0.3 is 15.4 Å². The number of nitrogens with one attached hydrogen (secondary N) is 2. The van der Waals surface area contributed by atoms with Gasteiger partial charge in [0.05, 0.1) is 13.2 Å². The molecule has 1 saturated heterocycles. The number of halogens is 1. The van der Waals surface area contributed by atoms with Gasteiger partial charge in [0.15, 0.2) is 0 Å². The van der Waals surface area contributed by atoms with Gasteiger partial charge in [0, 0.05) is 17.1 Å². The molecule has 1 atom stereocenters. The van der Waals surface area contributed by atoms with Crippen molar-refractivity contribution in [3.05, 3.63) is 28.8 Å². The van der Waals surface area contributed by atoms with Crippen LogP contribution < -0.4 is 10.6 Å². The number of benzene rings is 1. The molecule has 1 aliphatic rings. The Bertz CT molecular complexity index is 505. The molecule has 1 aromatic carbocycles. The van der Waals surface area contributed by atoms with Gasteiger partial charge in [0.2, 0.25) is 5.91 Å². The van der Waals surface area contributed by atoms with Gasteiger partial charge in [-0.25, -0.2) is 4.79 Å². The molecule has 2 N–H and O–H groups in total. The number of ether oxygens (including phenoxy) is 1. The molecule has 0 spiro atoms. The number of rotatable bonds is 4. The summed E-state index contributed by atoms with van der Waals surface area (Å²) in [5.74, 6) is -0.603. The minimum atomic E-state index is -0.513. The molecule has 1 fully saturated rings. The van der Waals surface area contributed by atoms with E-state index in [4.69, 9.17) is 16.3 Å². The van der Waals surface area contributed by atoms with Gasteiger partial charge in [0.1, 0.15) is 6.04 Å². The smallest absolute Gasteiger partial charge is 0.328 e. The second-order valence-electron chi connectivity index (χ2n) is 4.39. The molecule has 6 heteroatoms. The molecule has 1 aliphatic heterocycles. The topological polar surface area (TPSA) is 67.4 Å². The molecule has 0 saturated carbocycles. The number of amides is 1. The lowest BCUT2D eigenvalue weighted by atomic mass is 10.2. The summed E-state index contributed by atoms with van der Waals surface area (Å²) in [6.45, 7) is 2.38. The molecule has 19 heavy (non-hydrogen) atoms. The van der Waals surface area contributed by atoms with Crippen LogP contribution in [-0.2, 0) is 14.3 Å². The molecule has 5 nitrogen and oxygen atoms in total. The number of hydrogen-bond donors (Lipinski definition) is 2. The second kappa shape index (κ2) is 5.93. The maximum absolute atomic E-state index is 11.7. The maximum Gasteiger partial charge on any atom is 0.328 e. The number of carbonyl (C=O) groups excluding carboxylic acids is 2. The van der Waals surface area contributed by atoms with Crippen molar-refractivity contribution in [2.24, 2.45) is 0 Å². The standard InChI is InChI=1S/C13H15ClN2O3/c1-8-6-9(14)2-3-10(8)15-7-12(17)16-11-4-5-19-13(11)18/h2-3,6,11,15H,4-5,7H2,1H3,(H,16,17)/t11-/m0/s1. The summed E-state index contributed by atoms with van der Waals surface area (Å²) in [4.78, 5) is 22.9. The molecule has 0 aliphatic carbocycles. The third-order valence-electron chi connectivity index (χ3n) is 2.90. The van der Waals surface area contributed by atoms with Crippen molar-refractivity contribution in [2.75, 3.05) is 18.5 Å². The van der Waals surface area contributed by atoms with E-state index in [1.807, 2.05) is 19.1 Å². The van der Waals surface area contributed by atoms with Gasteiger partial charge in [-0.05, 0) is 30.7 Å². The Morgan fingerprint density at radius 2 is 2.32 bits per heavy atom. The predicted molar refractivity (Wildman–Crippen MR) is 72.2 cm³/mol. The number of esters is 1. The van der Waals surface area contributed by atoms with Gasteiger partial charge in [-0.3, -0.25) is 4.79 Å². The Balaban J connectivity index is 1.84. The van der Waals surface area contributed by atoms with Crippen LogP contribution in [0, 0.1) is 6.92 Å².